The highest BCUT2D eigenvalue weighted by atomic mass is 16.5. The molecule has 1 unspecified atom stereocenters. The van der Waals surface area contributed by atoms with Crippen molar-refractivity contribution in [3.8, 4) is 0 Å². The molecule has 0 saturated heterocycles. The van der Waals surface area contributed by atoms with Crippen molar-refractivity contribution in [1.82, 2.24) is 18.7 Å². The van der Waals surface area contributed by atoms with Gasteiger partial charge in [-0.3, -0.25) is 13.9 Å². The summed E-state index contributed by atoms with van der Waals surface area (Å²) in [5.41, 5.74) is 0.120. The van der Waals surface area contributed by atoms with Gasteiger partial charge in [0.1, 0.15) is 0 Å². The lowest BCUT2D eigenvalue weighted by Crippen LogP contribution is -2.39. The maximum Gasteiger partial charge on any atom is 0.332 e. The normalized spacial score (nSPS) is 12.9. The van der Waals surface area contributed by atoms with Gasteiger partial charge in [-0.2, -0.15) is 0 Å². The highest BCUT2D eigenvalue weighted by molar-refractivity contribution is 5.69. The monoisotopic (exact) mass is 310 g/mol. The summed E-state index contributed by atoms with van der Waals surface area (Å²) in [6, 6.07) is 0. The number of methoxy groups -OCH3 is 1. The van der Waals surface area contributed by atoms with Crippen molar-refractivity contribution in [3.63, 3.8) is 0 Å². The van der Waals surface area contributed by atoms with Crippen molar-refractivity contribution in [2.75, 3.05) is 13.7 Å². The predicted molar refractivity (Wildman–Crippen MR) is 81.9 cm³/mol. The Kier molecular flexibility index (Phi) is 5.15. The lowest BCUT2D eigenvalue weighted by Gasteiger charge is -2.10. The topological polar surface area (TPSA) is 91.3 Å². The molecule has 2 rings (SSSR count). The number of aryl methyl sites for hydroxylation is 2. The van der Waals surface area contributed by atoms with E-state index in [0.29, 0.717) is 43.6 Å². The smallest absolute Gasteiger partial charge is 0.332 e. The van der Waals surface area contributed by atoms with E-state index in [9.17, 15) is 14.7 Å². The Labute approximate surface area is 127 Å². The molecule has 0 fully saturated rings. The minimum atomic E-state index is -0.510. The van der Waals surface area contributed by atoms with Gasteiger partial charge >= 0.3 is 5.69 Å². The molecule has 1 atom stereocenters. The van der Waals surface area contributed by atoms with Gasteiger partial charge in [0.15, 0.2) is 11.2 Å². The molecule has 0 aliphatic heterocycles. The van der Waals surface area contributed by atoms with Gasteiger partial charge in [0.25, 0.3) is 5.56 Å². The Morgan fingerprint density at radius 2 is 2.05 bits per heavy atom. The molecule has 0 amide bonds. The van der Waals surface area contributed by atoms with Gasteiger partial charge in [-0.05, 0) is 19.3 Å². The van der Waals surface area contributed by atoms with Crippen LogP contribution in [0.4, 0.5) is 0 Å². The van der Waals surface area contributed by atoms with E-state index < -0.39 is 6.10 Å². The van der Waals surface area contributed by atoms with Gasteiger partial charge in [0.05, 0.1) is 19.0 Å². The fraction of sp³-hybridized carbons (Fsp3) is 0.643. The Bertz CT molecular complexity index is 759. The van der Waals surface area contributed by atoms with Crippen LogP contribution in [0.25, 0.3) is 11.2 Å². The summed E-state index contributed by atoms with van der Waals surface area (Å²) >= 11 is 0. The predicted octanol–water partition coefficient (Wildman–Crippen LogP) is -0.389. The number of aliphatic hydroxyl groups is 1. The number of aromatic nitrogens is 4. The molecule has 22 heavy (non-hydrogen) atoms. The maximum atomic E-state index is 12.4. The summed E-state index contributed by atoms with van der Waals surface area (Å²) in [5.74, 6) is 0. The second kappa shape index (κ2) is 6.89. The molecule has 2 aromatic rings. The number of imidazole rings is 1. The molecule has 0 aromatic carbocycles. The van der Waals surface area contributed by atoms with E-state index in [1.807, 2.05) is 0 Å². The van der Waals surface area contributed by atoms with Crippen molar-refractivity contribution in [1.29, 1.82) is 0 Å². The van der Waals surface area contributed by atoms with Crippen molar-refractivity contribution >= 4 is 11.2 Å². The first-order valence-corrected chi connectivity index (χ1v) is 7.25. The number of rotatable bonds is 7. The molecule has 8 heteroatoms. The number of ether oxygens (including phenoxy) is 1. The van der Waals surface area contributed by atoms with E-state index >= 15 is 0 Å². The van der Waals surface area contributed by atoms with Crippen LogP contribution in [0.3, 0.4) is 0 Å². The Morgan fingerprint density at radius 1 is 1.32 bits per heavy atom. The summed E-state index contributed by atoms with van der Waals surface area (Å²) in [6.45, 7) is 0.620. The summed E-state index contributed by atoms with van der Waals surface area (Å²) in [5, 5.41) is 9.58. The number of hydrogen-bond acceptors (Lipinski definition) is 5. The van der Waals surface area contributed by atoms with Crippen LogP contribution in [0.15, 0.2) is 15.9 Å². The average molecular weight is 310 g/mol. The van der Waals surface area contributed by atoms with Gasteiger partial charge in [-0.1, -0.05) is 0 Å². The fourth-order valence-electron chi connectivity index (χ4n) is 2.52. The minimum absolute atomic E-state index is 0.294. The molecule has 0 saturated carbocycles. The number of nitrogens with zero attached hydrogens (tertiary/aromatic N) is 4. The lowest BCUT2D eigenvalue weighted by molar-refractivity contribution is 0.0575. The largest absolute Gasteiger partial charge is 0.391 e. The number of unbranched alkanes of at least 4 members (excludes halogenated alkanes) is 1. The second-order valence-corrected chi connectivity index (χ2v) is 5.43. The zero-order chi connectivity index (χ0) is 16.3. The molecule has 0 spiro atoms. The molecule has 2 aromatic heterocycles. The number of fused-ring (bicyclic) bond motifs is 1. The molecule has 8 nitrogen and oxygen atoms in total. The van der Waals surface area contributed by atoms with Gasteiger partial charge in [-0.15, -0.1) is 0 Å². The Balaban J connectivity index is 2.16. The van der Waals surface area contributed by atoms with Gasteiger partial charge < -0.3 is 14.4 Å². The summed E-state index contributed by atoms with van der Waals surface area (Å²) < 4.78 is 9.09. The SMILES string of the molecule is COCC(O)CCCCn1c(=O)c2c(ncn2C)n(C)c1=O. The first kappa shape index (κ1) is 16.4. The van der Waals surface area contributed by atoms with Gasteiger partial charge in [0.2, 0.25) is 0 Å². The third-order valence-corrected chi connectivity index (χ3v) is 3.73. The number of aliphatic hydroxyl groups excluding tert-OH is 1. The molecule has 1 N–H and O–H groups in total. The molecular weight excluding hydrogens is 288 g/mol. The van der Waals surface area contributed by atoms with E-state index in [-0.39, 0.29) is 11.2 Å². The highest BCUT2D eigenvalue weighted by Gasteiger charge is 2.14. The minimum Gasteiger partial charge on any atom is -0.391 e. The van der Waals surface area contributed by atoms with Crippen LogP contribution in [-0.2, 0) is 25.4 Å². The first-order chi connectivity index (χ1) is 10.5. The van der Waals surface area contributed by atoms with Crippen LogP contribution < -0.4 is 11.2 Å². The van der Waals surface area contributed by atoms with Crippen LogP contribution in [0.1, 0.15) is 19.3 Å². The van der Waals surface area contributed by atoms with Crippen LogP contribution in [0.2, 0.25) is 0 Å². The standard InChI is InChI=1S/C14H22N4O4/c1-16-9-15-12-11(16)13(20)18(14(21)17(12)2)7-5-4-6-10(19)8-22-3/h9-10,19H,4-8H2,1-3H3. The maximum absolute atomic E-state index is 12.4. The van der Waals surface area contributed by atoms with Crippen molar-refractivity contribution < 1.29 is 9.84 Å². The summed E-state index contributed by atoms with van der Waals surface area (Å²) in [4.78, 5) is 28.8. The quantitative estimate of drug-likeness (QED) is 0.703. The molecule has 0 bridgehead atoms. The van der Waals surface area contributed by atoms with Gasteiger partial charge in [0, 0.05) is 27.7 Å². The molecule has 0 aliphatic rings. The van der Waals surface area contributed by atoms with E-state index in [1.54, 1.807) is 18.7 Å². The first-order valence-electron chi connectivity index (χ1n) is 7.25. The van der Waals surface area contributed by atoms with Crippen molar-refractivity contribution in [2.24, 2.45) is 14.1 Å². The van der Waals surface area contributed by atoms with Crippen LogP contribution >= 0.6 is 0 Å². The Morgan fingerprint density at radius 3 is 2.73 bits per heavy atom. The fourth-order valence-corrected chi connectivity index (χ4v) is 2.52. The zero-order valence-corrected chi connectivity index (χ0v) is 13.2. The lowest BCUT2D eigenvalue weighted by atomic mass is 10.1. The summed E-state index contributed by atoms with van der Waals surface area (Å²) in [7, 11) is 4.87. The van der Waals surface area contributed by atoms with E-state index in [0.717, 1.165) is 0 Å². The zero-order valence-electron chi connectivity index (χ0n) is 13.2. The third-order valence-electron chi connectivity index (χ3n) is 3.73. The van der Waals surface area contributed by atoms with E-state index in [1.165, 1.54) is 22.6 Å². The molecular formula is C14H22N4O4. The van der Waals surface area contributed by atoms with Crippen molar-refractivity contribution in [3.05, 3.63) is 27.2 Å². The van der Waals surface area contributed by atoms with Crippen LogP contribution in [0.5, 0.6) is 0 Å². The van der Waals surface area contributed by atoms with Crippen LogP contribution in [0, 0.1) is 0 Å². The van der Waals surface area contributed by atoms with E-state index in [4.69, 9.17) is 4.74 Å². The van der Waals surface area contributed by atoms with Crippen LogP contribution in [-0.4, -0.2) is 43.6 Å². The van der Waals surface area contributed by atoms with E-state index in [2.05, 4.69) is 4.98 Å². The van der Waals surface area contributed by atoms with Gasteiger partial charge in [-0.25, -0.2) is 9.78 Å². The Hall–Kier alpha value is -1.93. The molecule has 0 radical (unpaired) electrons. The van der Waals surface area contributed by atoms with Crippen molar-refractivity contribution in [2.45, 2.75) is 31.9 Å². The molecule has 0 aliphatic carbocycles. The third kappa shape index (κ3) is 3.12. The highest BCUT2D eigenvalue weighted by Crippen LogP contribution is 2.05. The second-order valence-electron chi connectivity index (χ2n) is 5.43. The average Bonchev–Trinajstić information content (AvgIpc) is 2.86. The molecule has 2 heterocycles. The number of hydrogen-bond donors (Lipinski definition) is 1. The summed E-state index contributed by atoms with van der Waals surface area (Å²) in [6.07, 6.45) is 2.94. The molecule has 122 valence electrons.